The zero-order valence-electron chi connectivity index (χ0n) is 16.9. The molecule has 2 N–H and O–H groups in total. The van der Waals surface area contributed by atoms with Crippen molar-refractivity contribution in [1.29, 1.82) is 0 Å². The summed E-state index contributed by atoms with van der Waals surface area (Å²) in [7, 11) is 1.28. The van der Waals surface area contributed by atoms with Gasteiger partial charge in [-0.25, -0.2) is 4.79 Å². The summed E-state index contributed by atoms with van der Waals surface area (Å²) in [5.74, 6) is -1.10. The van der Waals surface area contributed by atoms with Crippen LogP contribution in [-0.2, 0) is 10.4 Å². The van der Waals surface area contributed by atoms with Crippen LogP contribution in [0.4, 0.5) is 18.0 Å². The number of piperidine rings is 1. The summed E-state index contributed by atoms with van der Waals surface area (Å²) < 4.78 is 41.0. The number of likely N-dealkylation sites (N-methyl/N-ethyl adjacent to an activating group) is 1. The van der Waals surface area contributed by atoms with Crippen LogP contribution < -0.4 is 0 Å². The Morgan fingerprint density at radius 2 is 1.73 bits per heavy atom. The van der Waals surface area contributed by atoms with Crippen LogP contribution in [0.5, 0.6) is 0 Å². The molecule has 2 fully saturated rings. The summed E-state index contributed by atoms with van der Waals surface area (Å²) in [6.07, 6.45) is -2.11. The molecule has 0 radical (unpaired) electrons. The van der Waals surface area contributed by atoms with Crippen molar-refractivity contribution in [2.45, 2.75) is 43.9 Å². The smallest absolute Gasteiger partial charge is 0.430 e. The van der Waals surface area contributed by atoms with Gasteiger partial charge < -0.3 is 20.0 Å². The quantitative estimate of drug-likeness (QED) is 0.753. The molecule has 1 saturated carbocycles. The minimum absolute atomic E-state index is 0.117. The zero-order chi connectivity index (χ0) is 22.2. The summed E-state index contributed by atoms with van der Waals surface area (Å²) in [5, 5.41) is 19.4. The Bertz CT molecular complexity index is 770. The normalized spacial score (nSPS) is 21.0. The molecule has 2 amide bonds. The SMILES string of the molecule is CN(CCC1CC2(CCN(C(=O)O)CC2)C1)C(=O)[C@](O)(c1ccccc1)C(F)(F)F. The third kappa shape index (κ3) is 4.12. The van der Waals surface area contributed by atoms with Gasteiger partial charge in [0.15, 0.2) is 0 Å². The Morgan fingerprint density at radius 3 is 2.23 bits per heavy atom. The van der Waals surface area contributed by atoms with Gasteiger partial charge in [0.1, 0.15) is 0 Å². The van der Waals surface area contributed by atoms with Crippen LogP contribution in [0.3, 0.4) is 0 Å². The Kier molecular flexibility index (Phi) is 6.04. The first-order valence-electron chi connectivity index (χ1n) is 10.1. The molecule has 6 nitrogen and oxygen atoms in total. The molecule has 2 aliphatic rings. The maximum absolute atomic E-state index is 13.7. The number of likely N-dealkylation sites (tertiary alicyclic amines) is 1. The molecule has 3 rings (SSSR count). The lowest BCUT2D eigenvalue weighted by Gasteiger charge is -2.52. The Labute approximate surface area is 173 Å². The number of aliphatic hydroxyl groups is 1. The highest BCUT2D eigenvalue weighted by Crippen LogP contribution is 2.53. The molecular formula is C21H27F3N2O4. The van der Waals surface area contributed by atoms with Crippen LogP contribution in [0.15, 0.2) is 30.3 Å². The number of hydrogen-bond donors (Lipinski definition) is 2. The number of carboxylic acid groups (broad SMARTS) is 1. The van der Waals surface area contributed by atoms with Gasteiger partial charge in [0.2, 0.25) is 0 Å². The molecule has 1 aromatic rings. The molecular weight excluding hydrogens is 401 g/mol. The van der Waals surface area contributed by atoms with Crippen molar-refractivity contribution in [3.8, 4) is 0 Å². The number of carbonyl (C=O) groups is 2. The molecule has 1 spiro atoms. The van der Waals surface area contributed by atoms with Crippen molar-refractivity contribution in [3.63, 3.8) is 0 Å². The van der Waals surface area contributed by atoms with Crippen molar-refractivity contribution in [3.05, 3.63) is 35.9 Å². The van der Waals surface area contributed by atoms with E-state index in [1.165, 1.54) is 30.1 Å². The first-order chi connectivity index (χ1) is 14.0. The van der Waals surface area contributed by atoms with Crippen molar-refractivity contribution >= 4 is 12.0 Å². The van der Waals surface area contributed by atoms with E-state index in [0.717, 1.165) is 42.7 Å². The van der Waals surface area contributed by atoms with E-state index in [1.54, 1.807) is 0 Å². The van der Waals surface area contributed by atoms with Gasteiger partial charge in [-0.15, -0.1) is 0 Å². The van der Waals surface area contributed by atoms with E-state index in [1.807, 2.05) is 0 Å². The number of amides is 2. The van der Waals surface area contributed by atoms with Gasteiger partial charge in [-0.05, 0) is 43.4 Å². The summed E-state index contributed by atoms with van der Waals surface area (Å²) in [5.41, 5.74) is -3.95. The van der Waals surface area contributed by atoms with Crippen LogP contribution in [0, 0.1) is 11.3 Å². The number of rotatable bonds is 5. The van der Waals surface area contributed by atoms with E-state index in [4.69, 9.17) is 5.11 Å². The highest BCUT2D eigenvalue weighted by atomic mass is 19.4. The van der Waals surface area contributed by atoms with Crippen LogP contribution >= 0.6 is 0 Å². The van der Waals surface area contributed by atoms with Crippen molar-refractivity contribution in [2.75, 3.05) is 26.7 Å². The predicted molar refractivity (Wildman–Crippen MR) is 103 cm³/mol. The molecule has 9 heteroatoms. The Morgan fingerprint density at radius 1 is 1.17 bits per heavy atom. The second kappa shape index (κ2) is 8.09. The maximum atomic E-state index is 13.7. The summed E-state index contributed by atoms with van der Waals surface area (Å²) in [6.45, 7) is 1.14. The Hall–Kier alpha value is -2.29. The molecule has 166 valence electrons. The summed E-state index contributed by atoms with van der Waals surface area (Å²) in [6, 6.07) is 6.41. The molecule has 1 aromatic carbocycles. The second-order valence-electron chi connectivity index (χ2n) is 8.63. The van der Waals surface area contributed by atoms with E-state index in [9.17, 15) is 27.9 Å². The third-order valence-corrected chi connectivity index (χ3v) is 6.67. The first-order valence-corrected chi connectivity index (χ1v) is 10.1. The minimum atomic E-state index is -5.14. The molecule has 30 heavy (non-hydrogen) atoms. The highest BCUT2D eigenvalue weighted by molar-refractivity contribution is 5.87. The van der Waals surface area contributed by atoms with E-state index in [0.29, 0.717) is 19.5 Å². The molecule has 1 saturated heterocycles. The van der Waals surface area contributed by atoms with Crippen LogP contribution in [-0.4, -0.2) is 64.9 Å². The number of hydrogen-bond acceptors (Lipinski definition) is 3. The highest BCUT2D eigenvalue weighted by Gasteiger charge is 2.61. The number of nitrogens with zero attached hydrogens (tertiary/aromatic N) is 2. The lowest BCUT2D eigenvalue weighted by molar-refractivity contribution is -0.261. The average molecular weight is 428 g/mol. The fourth-order valence-corrected chi connectivity index (χ4v) is 4.79. The number of carbonyl (C=O) groups excluding carboxylic acids is 1. The maximum Gasteiger partial charge on any atom is 0.430 e. The van der Waals surface area contributed by atoms with Gasteiger partial charge in [-0.2, -0.15) is 13.2 Å². The second-order valence-corrected chi connectivity index (χ2v) is 8.63. The van der Waals surface area contributed by atoms with Crippen LogP contribution in [0.1, 0.15) is 37.7 Å². The fourth-order valence-electron chi connectivity index (χ4n) is 4.79. The third-order valence-electron chi connectivity index (χ3n) is 6.67. The van der Waals surface area contributed by atoms with Gasteiger partial charge in [0, 0.05) is 32.2 Å². The monoisotopic (exact) mass is 428 g/mol. The fraction of sp³-hybridized carbons (Fsp3) is 0.619. The van der Waals surface area contributed by atoms with E-state index < -0.39 is 29.3 Å². The van der Waals surface area contributed by atoms with Gasteiger partial charge in [0.25, 0.3) is 11.5 Å². The predicted octanol–water partition coefficient (Wildman–Crippen LogP) is 3.46. The van der Waals surface area contributed by atoms with E-state index in [2.05, 4.69) is 0 Å². The van der Waals surface area contributed by atoms with E-state index >= 15 is 0 Å². The molecule has 0 aromatic heterocycles. The average Bonchev–Trinajstić information content (AvgIpc) is 2.69. The molecule has 1 aliphatic heterocycles. The number of benzene rings is 1. The summed E-state index contributed by atoms with van der Waals surface area (Å²) in [4.78, 5) is 26.0. The molecule has 0 unspecified atom stereocenters. The lowest BCUT2D eigenvalue weighted by Crippen LogP contribution is -2.55. The van der Waals surface area contributed by atoms with Crippen LogP contribution in [0.25, 0.3) is 0 Å². The minimum Gasteiger partial charge on any atom is -0.465 e. The molecule has 1 heterocycles. The number of alkyl halides is 3. The number of halogens is 3. The molecule has 1 atom stereocenters. The zero-order valence-corrected chi connectivity index (χ0v) is 16.9. The van der Waals surface area contributed by atoms with Crippen molar-refractivity contribution in [1.82, 2.24) is 9.80 Å². The standard InChI is InChI=1S/C21H27F3N2O4/c1-25(17(27)20(30,21(22,23)24)16-5-3-2-4-6-16)10-7-15-13-19(14-15)8-11-26(12-9-19)18(28)29/h2-6,15,30H,7-14H2,1H3,(H,28,29)/t20-/m1/s1. The van der Waals surface area contributed by atoms with Gasteiger partial charge in [-0.3, -0.25) is 4.79 Å². The Balaban J connectivity index is 1.56. The van der Waals surface area contributed by atoms with Gasteiger partial charge in [0.05, 0.1) is 0 Å². The van der Waals surface area contributed by atoms with Gasteiger partial charge >= 0.3 is 12.3 Å². The van der Waals surface area contributed by atoms with Crippen LogP contribution in [0.2, 0.25) is 0 Å². The van der Waals surface area contributed by atoms with Crippen molar-refractivity contribution in [2.24, 2.45) is 11.3 Å². The lowest BCUT2D eigenvalue weighted by atomic mass is 9.57. The largest absolute Gasteiger partial charge is 0.465 e. The summed E-state index contributed by atoms with van der Waals surface area (Å²) >= 11 is 0. The van der Waals surface area contributed by atoms with Crippen molar-refractivity contribution < 1.29 is 33.0 Å². The van der Waals surface area contributed by atoms with E-state index in [-0.39, 0.29) is 17.9 Å². The molecule has 1 aliphatic carbocycles. The molecule has 0 bridgehead atoms. The van der Waals surface area contributed by atoms with Gasteiger partial charge in [-0.1, -0.05) is 30.3 Å². The first kappa shape index (κ1) is 22.4. The topological polar surface area (TPSA) is 81.1 Å².